The van der Waals surface area contributed by atoms with Crippen molar-refractivity contribution in [3.05, 3.63) is 40.4 Å². The number of nitrogens with one attached hydrogen (secondary N) is 1. The number of benzene rings is 1. The molecule has 2 rings (SSSR count). The molecule has 1 saturated carbocycles. The zero-order valence-corrected chi connectivity index (χ0v) is 11.8. The molecule has 0 aliphatic heterocycles. The molecule has 2 heteroatoms. The van der Waals surface area contributed by atoms with Crippen LogP contribution in [-0.2, 0) is 0 Å². The molecule has 0 unspecified atom stereocenters. The summed E-state index contributed by atoms with van der Waals surface area (Å²) in [5, 5.41) is 4.11. The maximum Gasteiger partial charge on any atom is 0.0411 e. The second-order valence-corrected chi connectivity index (χ2v) is 5.58. The number of rotatable bonds is 4. The summed E-state index contributed by atoms with van der Waals surface area (Å²) < 4.78 is 0. The van der Waals surface area contributed by atoms with Gasteiger partial charge in [-0.15, -0.1) is 0 Å². The lowest BCUT2D eigenvalue weighted by Crippen LogP contribution is -2.19. The molecule has 1 aromatic carbocycles. The molecule has 0 heterocycles. The fraction of sp³-hybridized carbons (Fsp3) is 0.500. The van der Waals surface area contributed by atoms with Crippen molar-refractivity contribution < 1.29 is 0 Å². The normalized spacial score (nSPS) is 18.0. The third-order valence-electron chi connectivity index (χ3n) is 3.71. The summed E-state index contributed by atoms with van der Waals surface area (Å²) in [7, 11) is 2.02. The van der Waals surface area contributed by atoms with Crippen LogP contribution in [-0.4, -0.2) is 13.6 Å². The van der Waals surface area contributed by atoms with Gasteiger partial charge in [-0.3, -0.25) is 0 Å². The van der Waals surface area contributed by atoms with Crippen LogP contribution >= 0.6 is 11.6 Å². The van der Waals surface area contributed by atoms with E-state index < -0.39 is 0 Å². The van der Waals surface area contributed by atoms with Gasteiger partial charge in [0.15, 0.2) is 0 Å². The van der Waals surface area contributed by atoms with E-state index in [4.69, 9.17) is 11.6 Å². The number of halogens is 1. The summed E-state index contributed by atoms with van der Waals surface area (Å²) in [6.07, 6.45) is 9.16. The molecule has 1 aromatic rings. The minimum Gasteiger partial charge on any atom is -0.316 e. The molecular formula is C16H22ClN. The van der Waals surface area contributed by atoms with E-state index in [0.717, 1.165) is 17.5 Å². The third-order valence-corrected chi connectivity index (χ3v) is 3.95. The van der Waals surface area contributed by atoms with Gasteiger partial charge in [0.2, 0.25) is 0 Å². The first-order valence-corrected chi connectivity index (χ1v) is 7.28. The molecule has 0 bridgehead atoms. The highest BCUT2D eigenvalue weighted by molar-refractivity contribution is 6.30. The van der Waals surface area contributed by atoms with E-state index in [1.54, 1.807) is 0 Å². The van der Waals surface area contributed by atoms with Gasteiger partial charge in [-0.2, -0.15) is 0 Å². The van der Waals surface area contributed by atoms with Crippen molar-refractivity contribution in [2.45, 2.75) is 32.1 Å². The fourth-order valence-corrected chi connectivity index (χ4v) is 3.00. The zero-order chi connectivity index (χ0) is 12.8. The number of hydrogen-bond donors (Lipinski definition) is 1. The molecule has 1 N–H and O–H groups in total. The van der Waals surface area contributed by atoms with Crippen LogP contribution in [0, 0.1) is 5.92 Å². The van der Waals surface area contributed by atoms with Crippen LogP contribution in [0.4, 0.5) is 0 Å². The summed E-state index contributed by atoms with van der Waals surface area (Å²) in [5.74, 6) is 0.755. The summed E-state index contributed by atoms with van der Waals surface area (Å²) in [6, 6.07) is 8.12. The maximum absolute atomic E-state index is 6.05. The van der Waals surface area contributed by atoms with Gasteiger partial charge in [0.05, 0.1) is 0 Å². The van der Waals surface area contributed by atoms with Crippen LogP contribution in [0.1, 0.15) is 37.7 Å². The van der Waals surface area contributed by atoms with Crippen molar-refractivity contribution in [3.63, 3.8) is 0 Å². The average Bonchev–Trinajstić information content (AvgIpc) is 2.39. The van der Waals surface area contributed by atoms with Crippen molar-refractivity contribution in [1.82, 2.24) is 5.32 Å². The zero-order valence-electron chi connectivity index (χ0n) is 11.1. The Morgan fingerprint density at radius 3 is 2.78 bits per heavy atom. The Morgan fingerprint density at radius 2 is 2.11 bits per heavy atom. The molecule has 98 valence electrons. The summed E-state index contributed by atoms with van der Waals surface area (Å²) in [6.45, 7) is 0.983. The highest BCUT2D eigenvalue weighted by Gasteiger charge is 2.17. The van der Waals surface area contributed by atoms with E-state index in [1.165, 1.54) is 43.2 Å². The summed E-state index contributed by atoms with van der Waals surface area (Å²) in [5.41, 5.74) is 2.75. The predicted molar refractivity (Wildman–Crippen MR) is 79.9 cm³/mol. The highest BCUT2D eigenvalue weighted by Crippen LogP contribution is 2.30. The molecule has 0 radical (unpaired) electrons. The Balaban J connectivity index is 2.17. The lowest BCUT2D eigenvalue weighted by Gasteiger charge is -2.24. The number of likely N-dealkylation sites (N-methyl/N-ethyl adjacent to an activating group) is 1. The van der Waals surface area contributed by atoms with Crippen LogP contribution in [0.5, 0.6) is 0 Å². The first-order valence-electron chi connectivity index (χ1n) is 6.90. The predicted octanol–water partition coefficient (Wildman–Crippen LogP) is 4.52. The van der Waals surface area contributed by atoms with Gasteiger partial charge in [0.1, 0.15) is 0 Å². The SMILES string of the molecule is CNCC(=Cc1cccc(Cl)c1)C1CCCCC1. The monoisotopic (exact) mass is 263 g/mol. The lowest BCUT2D eigenvalue weighted by atomic mass is 9.83. The molecule has 0 spiro atoms. The van der Waals surface area contributed by atoms with E-state index in [1.807, 2.05) is 25.2 Å². The van der Waals surface area contributed by atoms with Crippen LogP contribution < -0.4 is 5.32 Å². The molecule has 1 aliphatic carbocycles. The van der Waals surface area contributed by atoms with Crippen molar-refractivity contribution >= 4 is 17.7 Å². The first kappa shape index (κ1) is 13.6. The minimum atomic E-state index is 0.755. The molecule has 18 heavy (non-hydrogen) atoms. The number of hydrogen-bond acceptors (Lipinski definition) is 1. The van der Waals surface area contributed by atoms with Crippen molar-refractivity contribution in [2.75, 3.05) is 13.6 Å². The van der Waals surface area contributed by atoms with Crippen molar-refractivity contribution in [1.29, 1.82) is 0 Å². The maximum atomic E-state index is 6.05. The van der Waals surface area contributed by atoms with E-state index in [-0.39, 0.29) is 0 Å². The Morgan fingerprint density at radius 1 is 1.33 bits per heavy atom. The first-order chi connectivity index (χ1) is 8.79. The Kier molecular flexibility index (Phi) is 5.27. The van der Waals surface area contributed by atoms with Gasteiger partial charge in [0, 0.05) is 11.6 Å². The van der Waals surface area contributed by atoms with Crippen LogP contribution in [0.3, 0.4) is 0 Å². The minimum absolute atomic E-state index is 0.755. The van der Waals surface area contributed by atoms with Crippen LogP contribution in [0.25, 0.3) is 6.08 Å². The van der Waals surface area contributed by atoms with Gasteiger partial charge >= 0.3 is 0 Å². The Labute approximate surface area is 115 Å². The molecule has 0 aromatic heterocycles. The van der Waals surface area contributed by atoms with Gasteiger partial charge in [0.25, 0.3) is 0 Å². The average molecular weight is 264 g/mol. The topological polar surface area (TPSA) is 12.0 Å². The molecule has 0 atom stereocenters. The van der Waals surface area contributed by atoms with Gasteiger partial charge in [-0.1, -0.05) is 54.6 Å². The molecule has 1 aliphatic rings. The fourth-order valence-electron chi connectivity index (χ4n) is 2.80. The summed E-state index contributed by atoms with van der Waals surface area (Å²) >= 11 is 6.05. The third kappa shape index (κ3) is 3.86. The Hall–Kier alpha value is -0.790. The van der Waals surface area contributed by atoms with E-state index in [9.17, 15) is 0 Å². The standard InChI is InChI=1S/C16H22ClN/c1-18-12-15(14-7-3-2-4-8-14)10-13-6-5-9-16(17)11-13/h5-6,9-11,14,18H,2-4,7-8,12H2,1H3. The molecule has 1 fully saturated rings. The molecular weight excluding hydrogens is 242 g/mol. The van der Waals surface area contributed by atoms with Gasteiger partial charge in [-0.05, 0) is 43.5 Å². The van der Waals surface area contributed by atoms with Crippen LogP contribution in [0.15, 0.2) is 29.8 Å². The van der Waals surface area contributed by atoms with Crippen molar-refractivity contribution in [3.8, 4) is 0 Å². The largest absolute Gasteiger partial charge is 0.316 e. The smallest absolute Gasteiger partial charge is 0.0411 e. The van der Waals surface area contributed by atoms with Gasteiger partial charge in [-0.25, -0.2) is 0 Å². The second-order valence-electron chi connectivity index (χ2n) is 5.14. The lowest BCUT2D eigenvalue weighted by molar-refractivity contribution is 0.398. The van der Waals surface area contributed by atoms with E-state index >= 15 is 0 Å². The molecule has 0 saturated heterocycles. The van der Waals surface area contributed by atoms with Crippen LogP contribution in [0.2, 0.25) is 5.02 Å². The second kappa shape index (κ2) is 6.96. The quantitative estimate of drug-likeness (QED) is 0.842. The van der Waals surface area contributed by atoms with Gasteiger partial charge < -0.3 is 5.32 Å². The Bertz CT molecular complexity index is 405. The highest BCUT2D eigenvalue weighted by atomic mass is 35.5. The summed E-state index contributed by atoms with van der Waals surface area (Å²) in [4.78, 5) is 0. The van der Waals surface area contributed by atoms with E-state index in [0.29, 0.717) is 0 Å². The van der Waals surface area contributed by atoms with Crippen molar-refractivity contribution in [2.24, 2.45) is 5.92 Å². The molecule has 0 amide bonds. The molecule has 1 nitrogen and oxygen atoms in total. The van der Waals surface area contributed by atoms with E-state index in [2.05, 4.69) is 17.5 Å².